The first-order chi connectivity index (χ1) is 9.29. The largest absolute Gasteiger partial charge is 0.493 e. The van der Waals surface area contributed by atoms with E-state index >= 15 is 0 Å². The Hall–Kier alpha value is -1.26. The van der Waals surface area contributed by atoms with Crippen LogP contribution in [-0.4, -0.2) is 24.4 Å². The highest BCUT2D eigenvalue weighted by molar-refractivity contribution is 5.46. The summed E-state index contributed by atoms with van der Waals surface area (Å²) in [7, 11) is 1.64. The van der Waals surface area contributed by atoms with E-state index in [0.717, 1.165) is 17.7 Å². The molecule has 0 amide bonds. The predicted octanol–water partition coefficient (Wildman–Crippen LogP) is 2.88. The van der Waals surface area contributed by atoms with Crippen molar-refractivity contribution in [3.8, 4) is 11.5 Å². The number of methoxy groups -OCH3 is 1. The maximum absolute atomic E-state index is 6.24. The zero-order valence-electron chi connectivity index (χ0n) is 13.0. The molecule has 2 rings (SSSR count). The fourth-order valence-electron chi connectivity index (χ4n) is 2.85. The summed E-state index contributed by atoms with van der Waals surface area (Å²) in [6.45, 7) is 8.71. The number of para-hydroxylation sites is 1. The summed E-state index contributed by atoms with van der Waals surface area (Å²) in [4.78, 5) is 0. The molecule has 4 nitrogen and oxygen atoms in total. The van der Waals surface area contributed by atoms with Crippen LogP contribution in [0.15, 0.2) is 18.2 Å². The SMILES string of the molecule is COc1cccc(CN)c1OC1CC(C)(C)OC1(C)C. The van der Waals surface area contributed by atoms with Gasteiger partial charge in [0.05, 0.1) is 12.7 Å². The van der Waals surface area contributed by atoms with Crippen molar-refractivity contribution in [2.75, 3.05) is 7.11 Å². The lowest BCUT2D eigenvalue weighted by Crippen LogP contribution is -2.37. The summed E-state index contributed by atoms with van der Waals surface area (Å²) >= 11 is 0. The molecule has 1 heterocycles. The van der Waals surface area contributed by atoms with Crippen LogP contribution in [0, 0.1) is 0 Å². The van der Waals surface area contributed by atoms with Gasteiger partial charge in [-0.1, -0.05) is 12.1 Å². The summed E-state index contributed by atoms with van der Waals surface area (Å²) in [5.41, 5.74) is 6.23. The second kappa shape index (κ2) is 5.26. The number of nitrogens with two attached hydrogens (primary N) is 1. The van der Waals surface area contributed by atoms with Crippen molar-refractivity contribution in [3.05, 3.63) is 23.8 Å². The lowest BCUT2D eigenvalue weighted by Gasteiger charge is -2.28. The van der Waals surface area contributed by atoms with E-state index in [1.807, 2.05) is 18.2 Å². The molecule has 20 heavy (non-hydrogen) atoms. The van der Waals surface area contributed by atoms with Crippen LogP contribution in [0.25, 0.3) is 0 Å². The van der Waals surface area contributed by atoms with E-state index in [4.69, 9.17) is 19.9 Å². The smallest absolute Gasteiger partial charge is 0.166 e. The third kappa shape index (κ3) is 2.91. The zero-order chi connectivity index (χ0) is 15.0. The van der Waals surface area contributed by atoms with E-state index in [9.17, 15) is 0 Å². The van der Waals surface area contributed by atoms with Crippen molar-refractivity contribution in [3.63, 3.8) is 0 Å². The Kier molecular flexibility index (Phi) is 3.98. The van der Waals surface area contributed by atoms with Gasteiger partial charge in [-0.3, -0.25) is 0 Å². The average Bonchev–Trinajstić information content (AvgIpc) is 2.57. The Morgan fingerprint density at radius 1 is 1.30 bits per heavy atom. The van der Waals surface area contributed by atoms with Gasteiger partial charge in [-0.15, -0.1) is 0 Å². The van der Waals surface area contributed by atoms with Crippen LogP contribution in [0.5, 0.6) is 11.5 Å². The summed E-state index contributed by atoms with van der Waals surface area (Å²) in [5, 5.41) is 0. The number of ether oxygens (including phenoxy) is 3. The van der Waals surface area contributed by atoms with Crippen molar-refractivity contribution in [2.45, 2.75) is 58.0 Å². The van der Waals surface area contributed by atoms with E-state index in [-0.39, 0.29) is 17.3 Å². The lowest BCUT2D eigenvalue weighted by molar-refractivity contribution is -0.0848. The van der Waals surface area contributed by atoms with Crippen LogP contribution in [0.1, 0.15) is 39.7 Å². The van der Waals surface area contributed by atoms with Crippen LogP contribution in [0.3, 0.4) is 0 Å². The minimum absolute atomic E-state index is 0.0286. The molecule has 0 bridgehead atoms. The third-order valence-electron chi connectivity index (χ3n) is 3.75. The summed E-state index contributed by atoms with van der Waals surface area (Å²) < 4.78 is 17.7. The molecule has 1 fully saturated rings. The Balaban J connectivity index is 2.30. The van der Waals surface area contributed by atoms with Gasteiger partial charge in [0, 0.05) is 18.5 Å². The molecule has 0 aliphatic carbocycles. The number of rotatable bonds is 4. The fourth-order valence-corrected chi connectivity index (χ4v) is 2.85. The fraction of sp³-hybridized carbons (Fsp3) is 0.625. The van der Waals surface area contributed by atoms with Gasteiger partial charge in [0.25, 0.3) is 0 Å². The second-order valence-electron chi connectivity index (χ2n) is 6.43. The first-order valence-corrected chi connectivity index (χ1v) is 7.02. The topological polar surface area (TPSA) is 53.7 Å². The van der Waals surface area contributed by atoms with E-state index < -0.39 is 0 Å². The molecule has 1 atom stereocenters. The quantitative estimate of drug-likeness (QED) is 0.920. The van der Waals surface area contributed by atoms with Gasteiger partial charge in [0.1, 0.15) is 11.7 Å². The summed E-state index contributed by atoms with van der Waals surface area (Å²) in [6.07, 6.45) is 0.807. The monoisotopic (exact) mass is 279 g/mol. The van der Waals surface area contributed by atoms with Crippen molar-refractivity contribution in [2.24, 2.45) is 5.73 Å². The summed E-state index contributed by atoms with van der Waals surface area (Å²) in [6, 6.07) is 5.78. The molecule has 4 heteroatoms. The van der Waals surface area contributed by atoms with E-state index in [1.54, 1.807) is 7.11 Å². The predicted molar refractivity (Wildman–Crippen MR) is 79.2 cm³/mol. The molecule has 1 unspecified atom stereocenters. The van der Waals surface area contributed by atoms with Gasteiger partial charge in [-0.05, 0) is 33.8 Å². The van der Waals surface area contributed by atoms with E-state index in [2.05, 4.69) is 27.7 Å². The number of benzene rings is 1. The maximum atomic E-state index is 6.24. The molecular weight excluding hydrogens is 254 g/mol. The number of hydrogen-bond donors (Lipinski definition) is 1. The normalized spacial score (nSPS) is 23.6. The Morgan fingerprint density at radius 2 is 2.00 bits per heavy atom. The van der Waals surface area contributed by atoms with Gasteiger partial charge in [0.2, 0.25) is 0 Å². The van der Waals surface area contributed by atoms with E-state index in [0.29, 0.717) is 12.3 Å². The van der Waals surface area contributed by atoms with E-state index in [1.165, 1.54) is 0 Å². The van der Waals surface area contributed by atoms with Crippen molar-refractivity contribution in [1.82, 2.24) is 0 Å². The molecular formula is C16H25NO3. The van der Waals surface area contributed by atoms with Crippen LogP contribution in [-0.2, 0) is 11.3 Å². The Bertz CT molecular complexity index is 460. The van der Waals surface area contributed by atoms with Gasteiger partial charge in [-0.2, -0.15) is 0 Å². The zero-order valence-corrected chi connectivity index (χ0v) is 13.0. The average molecular weight is 279 g/mol. The second-order valence-corrected chi connectivity index (χ2v) is 6.43. The molecule has 0 saturated carbocycles. The highest BCUT2D eigenvalue weighted by Crippen LogP contribution is 2.42. The van der Waals surface area contributed by atoms with Gasteiger partial charge in [0.15, 0.2) is 11.5 Å². The van der Waals surface area contributed by atoms with Crippen molar-refractivity contribution < 1.29 is 14.2 Å². The van der Waals surface area contributed by atoms with Gasteiger partial charge >= 0.3 is 0 Å². The first-order valence-electron chi connectivity index (χ1n) is 7.02. The van der Waals surface area contributed by atoms with Crippen LogP contribution >= 0.6 is 0 Å². The Labute approximate surface area is 121 Å². The van der Waals surface area contributed by atoms with Gasteiger partial charge in [-0.25, -0.2) is 0 Å². The summed E-state index contributed by atoms with van der Waals surface area (Å²) in [5.74, 6) is 1.45. The maximum Gasteiger partial charge on any atom is 0.166 e. The van der Waals surface area contributed by atoms with Crippen LogP contribution < -0.4 is 15.2 Å². The van der Waals surface area contributed by atoms with Gasteiger partial charge < -0.3 is 19.9 Å². The first kappa shape index (κ1) is 15.1. The van der Waals surface area contributed by atoms with Crippen LogP contribution in [0.4, 0.5) is 0 Å². The van der Waals surface area contributed by atoms with Crippen molar-refractivity contribution in [1.29, 1.82) is 0 Å². The molecule has 1 aromatic carbocycles. The minimum Gasteiger partial charge on any atom is -0.493 e. The molecule has 1 aliphatic heterocycles. The third-order valence-corrected chi connectivity index (χ3v) is 3.75. The minimum atomic E-state index is -0.337. The molecule has 112 valence electrons. The molecule has 0 spiro atoms. The lowest BCUT2D eigenvalue weighted by atomic mass is 9.97. The molecule has 1 aromatic rings. The molecule has 0 radical (unpaired) electrons. The van der Waals surface area contributed by atoms with Crippen molar-refractivity contribution >= 4 is 0 Å². The highest BCUT2D eigenvalue weighted by atomic mass is 16.6. The number of hydrogen-bond acceptors (Lipinski definition) is 4. The standard InChI is InChI=1S/C16H25NO3/c1-15(2)9-13(16(3,4)20-15)19-14-11(10-17)7-6-8-12(14)18-5/h6-8,13H,9-10,17H2,1-5H3. The molecule has 1 aliphatic rings. The molecule has 1 saturated heterocycles. The molecule has 0 aromatic heterocycles. The van der Waals surface area contributed by atoms with Crippen LogP contribution in [0.2, 0.25) is 0 Å². The molecule has 2 N–H and O–H groups in total. The Morgan fingerprint density at radius 3 is 2.50 bits per heavy atom. The highest BCUT2D eigenvalue weighted by Gasteiger charge is 2.47.